The number of para-hydroxylation sites is 1. The first kappa shape index (κ1) is 38.9. The summed E-state index contributed by atoms with van der Waals surface area (Å²) >= 11 is 6.82. The molecule has 0 fully saturated rings. The fourth-order valence-electron chi connectivity index (χ4n) is 6.60. The topological polar surface area (TPSA) is 143 Å². The average molecular weight is 811 g/mol. The van der Waals surface area contributed by atoms with Crippen molar-refractivity contribution in [3.8, 4) is 11.5 Å². The van der Waals surface area contributed by atoms with Crippen LogP contribution in [-0.2, 0) is 38.9 Å². The van der Waals surface area contributed by atoms with Crippen LogP contribution in [0.4, 0.5) is 22.7 Å². The van der Waals surface area contributed by atoms with Crippen LogP contribution in [0.25, 0.3) is 10.1 Å². The predicted molar refractivity (Wildman–Crippen MR) is 228 cm³/mol. The van der Waals surface area contributed by atoms with Crippen molar-refractivity contribution in [3.05, 3.63) is 94.6 Å². The highest BCUT2D eigenvalue weighted by Gasteiger charge is 2.36. The van der Waals surface area contributed by atoms with E-state index in [-0.39, 0.29) is 56.9 Å². The van der Waals surface area contributed by atoms with E-state index in [2.05, 4.69) is 20.9 Å². The summed E-state index contributed by atoms with van der Waals surface area (Å²) in [5, 5.41) is 9.63. The predicted octanol–water partition coefficient (Wildman–Crippen LogP) is 6.80. The van der Waals surface area contributed by atoms with Gasteiger partial charge in [0.15, 0.2) is 11.5 Å². The molecule has 3 N–H and O–H groups in total. The lowest BCUT2D eigenvalue weighted by Crippen LogP contribution is -2.40. The smallest absolute Gasteiger partial charge is 0.272 e. The number of amides is 4. The van der Waals surface area contributed by atoms with Crippen LogP contribution in [0.3, 0.4) is 0 Å². The van der Waals surface area contributed by atoms with Crippen molar-refractivity contribution in [2.45, 2.75) is 43.9 Å². The molecule has 7 rings (SSSR count). The molecule has 0 saturated carbocycles. The second-order valence-corrected chi connectivity index (χ2v) is 18.9. The minimum atomic E-state index is -0.346. The summed E-state index contributed by atoms with van der Waals surface area (Å²) in [6, 6.07) is 20.0. The number of carbonyl (C=O) groups excluding carboxylic acids is 4. The molecule has 2 atom stereocenters. The minimum Gasteiger partial charge on any atom is -0.493 e. The van der Waals surface area contributed by atoms with Crippen molar-refractivity contribution in [1.82, 2.24) is 9.88 Å². The molecule has 56 heavy (non-hydrogen) atoms. The lowest BCUT2D eigenvalue weighted by molar-refractivity contribution is -0.116. The number of aromatic nitrogens is 1. The van der Waals surface area contributed by atoms with Gasteiger partial charge in [0.1, 0.15) is 5.69 Å². The van der Waals surface area contributed by atoms with E-state index in [4.69, 9.17) is 20.7 Å². The maximum absolute atomic E-state index is 13.7. The molecule has 5 aromatic rings. The second kappa shape index (κ2) is 16.0. The third-order valence-electron chi connectivity index (χ3n) is 9.91. The van der Waals surface area contributed by atoms with E-state index in [1.807, 2.05) is 62.6 Å². The van der Waals surface area contributed by atoms with Crippen LogP contribution >= 0.6 is 11.3 Å². The Morgan fingerprint density at radius 2 is 1.82 bits per heavy atom. The van der Waals surface area contributed by atoms with Gasteiger partial charge in [0.25, 0.3) is 17.7 Å². The Morgan fingerprint density at radius 1 is 1.02 bits per heavy atom. The zero-order valence-corrected chi connectivity index (χ0v) is 34.1. The number of hydrogen-bond donors (Lipinski definition) is 3. The number of anilines is 3. The number of nitrogens with one attached hydrogen (secondary N) is 3. The Hall–Kier alpha value is -5.38. The molecule has 290 valence electrons. The number of thiophene rings is 1. The monoisotopic (exact) mass is 810 g/mol. The number of methoxy groups -OCH3 is 1. The highest BCUT2D eigenvalue weighted by atomic mass is 32.8. The molecule has 2 aromatic heterocycles. The normalized spacial score (nSPS) is 15.1. The third-order valence-corrected chi connectivity index (χ3v) is 14.1. The SMILES string of the molecule is COc1cc2c(cc1OCCCC(=O)Nc1cc(C(=O)Nc3ccc4sc(C(=O)NCC(C)(C)S(C)=S)cc4c3)n(C)c1)N=C[C@@H]1Cc3ccccc3N1C2=O. The van der Waals surface area contributed by atoms with E-state index in [9.17, 15) is 19.2 Å². The van der Waals surface area contributed by atoms with Gasteiger partial charge in [-0.25, -0.2) is 0 Å². The average Bonchev–Trinajstić information content (AvgIpc) is 3.86. The van der Waals surface area contributed by atoms with E-state index in [0.29, 0.717) is 64.1 Å². The van der Waals surface area contributed by atoms with Gasteiger partial charge < -0.3 is 30.0 Å². The molecular formula is C41H42N6O6S3. The highest BCUT2D eigenvalue weighted by Crippen LogP contribution is 2.41. The number of fused-ring (bicyclic) bond motifs is 5. The zero-order valence-electron chi connectivity index (χ0n) is 31.6. The lowest BCUT2D eigenvalue weighted by atomic mass is 10.1. The quantitative estimate of drug-likeness (QED) is 0.111. The summed E-state index contributed by atoms with van der Waals surface area (Å²) in [4.78, 5) is 59.7. The van der Waals surface area contributed by atoms with Gasteiger partial charge in [-0.1, -0.05) is 29.4 Å². The van der Waals surface area contributed by atoms with Gasteiger partial charge in [-0.05, 0) is 79.9 Å². The maximum atomic E-state index is 13.7. The lowest BCUT2D eigenvalue weighted by Gasteiger charge is -2.24. The Balaban J connectivity index is 0.915. The summed E-state index contributed by atoms with van der Waals surface area (Å²) in [7, 11) is 2.98. The first-order valence-electron chi connectivity index (χ1n) is 18.0. The Kier molecular flexibility index (Phi) is 11.1. The molecule has 2 aliphatic heterocycles. The Morgan fingerprint density at radius 3 is 2.61 bits per heavy atom. The molecule has 0 bridgehead atoms. The molecule has 0 saturated heterocycles. The highest BCUT2D eigenvalue weighted by molar-refractivity contribution is 8.29. The number of ether oxygens (including phenoxy) is 2. The Bertz CT molecular complexity index is 2440. The summed E-state index contributed by atoms with van der Waals surface area (Å²) in [6.45, 7) is 4.80. The number of rotatable bonds is 13. The molecule has 0 radical (unpaired) electrons. The summed E-state index contributed by atoms with van der Waals surface area (Å²) in [5.74, 6) is -0.0464. The van der Waals surface area contributed by atoms with Gasteiger partial charge in [-0.15, -0.1) is 20.8 Å². The number of hydrogen-bond acceptors (Lipinski definition) is 9. The van der Waals surface area contributed by atoms with Crippen molar-refractivity contribution in [1.29, 1.82) is 0 Å². The van der Waals surface area contributed by atoms with Gasteiger partial charge in [-0.2, -0.15) is 0 Å². The van der Waals surface area contributed by atoms with E-state index in [0.717, 1.165) is 21.3 Å². The van der Waals surface area contributed by atoms with Crippen LogP contribution in [0.15, 0.2) is 77.9 Å². The van der Waals surface area contributed by atoms with Crippen LogP contribution in [0.1, 0.15) is 62.8 Å². The summed E-state index contributed by atoms with van der Waals surface area (Å²) < 4.78 is 14.0. The third kappa shape index (κ3) is 8.11. The number of carbonyl (C=O) groups is 4. The van der Waals surface area contributed by atoms with Crippen molar-refractivity contribution >= 4 is 94.7 Å². The van der Waals surface area contributed by atoms with E-state index in [1.54, 1.807) is 53.2 Å². The molecule has 15 heteroatoms. The van der Waals surface area contributed by atoms with Crippen molar-refractivity contribution in [2.75, 3.05) is 42.1 Å². The zero-order chi connectivity index (χ0) is 39.7. The van der Waals surface area contributed by atoms with Gasteiger partial charge in [-0.3, -0.25) is 29.1 Å². The molecule has 3 aromatic carbocycles. The van der Waals surface area contributed by atoms with E-state index in [1.165, 1.54) is 18.4 Å². The van der Waals surface area contributed by atoms with Crippen LogP contribution in [-0.4, -0.2) is 71.7 Å². The first-order chi connectivity index (χ1) is 26.8. The number of aliphatic imine (C=N–C) groups is 1. The summed E-state index contributed by atoms with van der Waals surface area (Å²) in [6.07, 6.45) is 6.74. The molecule has 4 amide bonds. The van der Waals surface area contributed by atoms with E-state index < -0.39 is 0 Å². The largest absolute Gasteiger partial charge is 0.493 e. The van der Waals surface area contributed by atoms with Crippen molar-refractivity contribution < 1.29 is 28.7 Å². The molecule has 4 heterocycles. The number of nitrogens with zero attached hydrogens (tertiary/aromatic N) is 3. The molecule has 12 nitrogen and oxygen atoms in total. The number of aryl methyl sites for hydroxylation is 1. The van der Waals surface area contributed by atoms with Crippen LogP contribution < -0.4 is 30.3 Å². The van der Waals surface area contributed by atoms with Gasteiger partial charge >= 0.3 is 0 Å². The number of benzene rings is 3. The Labute approximate surface area is 335 Å². The van der Waals surface area contributed by atoms with Gasteiger partial charge in [0.2, 0.25) is 5.91 Å². The van der Waals surface area contributed by atoms with E-state index >= 15 is 0 Å². The standard InChI is InChI=1S/C41H42N6O6S3/c1-41(2,56(5)54)23-43-39(50)36-17-25-15-26(12-13-35(25)55-36)45-38(49)32-18-27(22-46(32)3)44-37(48)11-8-14-53-34-20-30-29(19-33(34)52-4)40(51)47-28(21-42-30)16-24-9-6-7-10-31(24)47/h6-7,9-10,12-13,15,17-22,28H,8,11,14,16,23H2,1-5H3,(H,43,50)(H,44,48)(H,45,49)/t28-,56?/m0/s1. The van der Waals surface area contributed by atoms with Crippen LogP contribution in [0.5, 0.6) is 11.5 Å². The molecular weight excluding hydrogens is 769 g/mol. The van der Waals surface area contributed by atoms with Crippen molar-refractivity contribution in [2.24, 2.45) is 12.0 Å². The maximum Gasteiger partial charge on any atom is 0.272 e. The van der Waals surface area contributed by atoms with Gasteiger partial charge in [0.05, 0.1) is 41.6 Å². The molecule has 2 aliphatic rings. The first-order valence-corrected chi connectivity index (χ1v) is 21.4. The van der Waals surface area contributed by atoms with Crippen molar-refractivity contribution in [3.63, 3.8) is 0 Å². The minimum absolute atomic E-state index is 0.147. The van der Waals surface area contributed by atoms with Crippen LogP contribution in [0.2, 0.25) is 0 Å². The second-order valence-electron chi connectivity index (χ2n) is 14.3. The molecule has 1 unspecified atom stereocenters. The molecule has 0 aliphatic carbocycles. The fraction of sp³-hybridized carbons (Fsp3) is 0.293. The van der Waals surface area contributed by atoms with Gasteiger partial charge in [0, 0.05) is 65.7 Å². The summed E-state index contributed by atoms with van der Waals surface area (Å²) in [5.41, 5.74) is 4.35. The fourth-order valence-corrected chi connectivity index (χ4v) is 8.01. The molecule has 0 spiro atoms. The van der Waals surface area contributed by atoms with Crippen LogP contribution in [0, 0.1) is 0 Å².